The molecule has 0 radical (unpaired) electrons. The molecule has 1 aromatic carbocycles. The molecule has 0 unspecified atom stereocenters. The summed E-state index contributed by atoms with van der Waals surface area (Å²) < 4.78 is 2.27. The molecule has 3 aromatic heterocycles. The highest BCUT2D eigenvalue weighted by molar-refractivity contribution is 5.88. The summed E-state index contributed by atoms with van der Waals surface area (Å²) in [5, 5.41) is 3.40. The van der Waals surface area contributed by atoms with Gasteiger partial charge in [0.25, 0.3) is 0 Å². The van der Waals surface area contributed by atoms with Gasteiger partial charge in [0.2, 0.25) is 0 Å². The van der Waals surface area contributed by atoms with Crippen molar-refractivity contribution in [2.75, 3.05) is 11.1 Å². The Morgan fingerprint density at radius 2 is 1.86 bits per heavy atom. The van der Waals surface area contributed by atoms with E-state index in [2.05, 4.69) is 51.0 Å². The number of hydrogen-bond acceptors (Lipinski definition) is 5. The van der Waals surface area contributed by atoms with E-state index in [9.17, 15) is 0 Å². The van der Waals surface area contributed by atoms with Gasteiger partial charge in [0.05, 0.1) is 5.52 Å². The Balaban J connectivity index is 1.73. The second-order valence-electron chi connectivity index (χ2n) is 7.18. The van der Waals surface area contributed by atoms with Crippen molar-refractivity contribution in [3.8, 4) is 0 Å². The number of aryl methyl sites for hydroxylation is 1. The van der Waals surface area contributed by atoms with Gasteiger partial charge >= 0.3 is 0 Å². The number of hydrogen-bond donors (Lipinski definition) is 2. The number of nitrogen functional groups attached to an aromatic ring is 1. The van der Waals surface area contributed by atoms with Crippen molar-refractivity contribution in [2.45, 2.75) is 39.3 Å². The van der Waals surface area contributed by atoms with Crippen molar-refractivity contribution in [2.24, 2.45) is 0 Å². The Morgan fingerprint density at radius 1 is 1.03 bits per heavy atom. The van der Waals surface area contributed by atoms with E-state index in [1.54, 1.807) is 6.20 Å². The van der Waals surface area contributed by atoms with Crippen molar-refractivity contribution in [3.63, 3.8) is 0 Å². The Hall–Kier alpha value is -3.41. The summed E-state index contributed by atoms with van der Waals surface area (Å²) in [6.45, 7) is 3.59. The molecule has 148 valence electrons. The van der Waals surface area contributed by atoms with E-state index in [0.29, 0.717) is 18.2 Å². The van der Waals surface area contributed by atoms with Gasteiger partial charge in [0.15, 0.2) is 5.82 Å². The van der Waals surface area contributed by atoms with Crippen molar-refractivity contribution >= 4 is 22.7 Å². The van der Waals surface area contributed by atoms with Crippen molar-refractivity contribution in [3.05, 3.63) is 77.9 Å². The van der Waals surface area contributed by atoms with Crippen LogP contribution in [0.5, 0.6) is 0 Å². The number of unbranched alkanes of at least 4 members (excludes halogenated alkanes) is 1. The van der Waals surface area contributed by atoms with Crippen LogP contribution in [0.25, 0.3) is 11.0 Å². The number of nitrogens with one attached hydrogen (secondary N) is 1. The standard InChI is InChI=1S/C23H26N6/c1-2-3-11-21-28-22-19(29(21)16-17-8-5-4-6-9-17)13-20(24)27-23(22)26-15-18-10-7-12-25-14-18/h4-10,12-14H,2-3,11,15-16H2,1H3,(H3,24,26,27). The quantitative estimate of drug-likeness (QED) is 0.469. The van der Waals surface area contributed by atoms with Gasteiger partial charge in [0, 0.05) is 38.0 Å². The SMILES string of the molecule is CCCCc1nc2c(NCc3cccnc3)nc(N)cc2n1Cc1ccccc1. The molecule has 6 heteroatoms. The average Bonchev–Trinajstić information content (AvgIpc) is 3.09. The fourth-order valence-corrected chi connectivity index (χ4v) is 3.47. The molecule has 4 aromatic rings. The van der Waals surface area contributed by atoms with Gasteiger partial charge < -0.3 is 15.6 Å². The molecule has 0 atom stereocenters. The molecule has 0 saturated heterocycles. The zero-order chi connectivity index (χ0) is 20.1. The Kier molecular flexibility index (Phi) is 5.70. The van der Waals surface area contributed by atoms with Crippen LogP contribution in [0, 0.1) is 0 Å². The summed E-state index contributed by atoms with van der Waals surface area (Å²) in [6, 6.07) is 16.3. The number of anilines is 2. The first-order valence-electron chi connectivity index (χ1n) is 10.1. The van der Waals surface area contributed by atoms with Crippen LogP contribution in [-0.4, -0.2) is 19.5 Å². The number of aromatic nitrogens is 4. The molecule has 3 N–H and O–H groups in total. The second-order valence-corrected chi connectivity index (χ2v) is 7.18. The minimum absolute atomic E-state index is 0.488. The number of benzene rings is 1. The molecule has 0 aliphatic heterocycles. The highest BCUT2D eigenvalue weighted by Gasteiger charge is 2.16. The molecule has 0 aliphatic carbocycles. The fraction of sp³-hybridized carbons (Fsp3) is 0.261. The smallest absolute Gasteiger partial charge is 0.156 e. The zero-order valence-corrected chi connectivity index (χ0v) is 16.7. The van der Waals surface area contributed by atoms with E-state index in [0.717, 1.165) is 48.2 Å². The van der Waals surface area contributed by atoms with Crippen LogP contribution in [0.1, 0.15) is 36.7 Å². The molecule has 0 bridgehead atoms. The highest BCUT2D eigenvalue weighted by atomic mass is 15.1. The molecule has 0 aliphatic rings. The first-order chi connectivity index (χ1) is 14.2. The van der Waals surface area contributed by atoms with E-state index >= 15 is 0 Å². The fourth-order valence-electron chi connectivity index (χ4n) is 3.47. The lowest BCUT2D eigenvalue weighted by Gasteiger charge is -2.11. The molecule has 4 rings (SSSR count). The first kappa shape index (κ1) is 18.9. The molecule has 0 fully saturated rings. The van der Waals surface area contributed by atoms with Crippen LogP contribution in [0.3, 0.4) is 0 Å². The third kappa shape index (κ3) is 4.37. The van der Waals surface area contributed by atoms with Crippen LogP contribution < -0.4 is 11.1 Å². The monoisotopic (exact) mass is 386 g/mol. The summed E-state index contributed by atoms with van der Waals surface area (Å²) in [5.74, 6) is 2.28. The van der Waals surface area contributed by atoms with Crippen molar-refractivity contribution in [1.29, 1.82) is 0 Å². The van der Waals surface area contributed by atoms with Crippen molar-refractivity contribution < 1.29 is 0 Å². The first-order valence-corrected chi connectivity index (χ1v) is 10.1. The lowest BCUT2D eigenvalue weighted by molar-refractivity contribution is 0.690. The zero-order valence-electron chi connectivity index (χ0n) is 16.7. The van der Waals surface area contributed by atoms with Crippen LogP contribution in [0.4, 0.5) is 11.6 Å². The lowest BCUT2D eigenvalue weighted by Crippen LogP contribution is -2.06. The van der Waals surface area contributed by atoms with Gasteiger partial charge in [-0.15, -0.1) is 0 Å². The molecular formula is C23H26N6. The maximum atomic E-state index is 6.16. The molecule has 0 saturated carbocycles. The molecule has 0 spiro atoms. The van der Waals surface area contributed by atoms with Gasteiger partial charge in [-0.2, -0.15) is 0 Å². The lowest BCUT2D eigenvalue weighted by atomic mass is 10.2. The van der Waals surface area contributed by atoms with E-state index in [-0.39, 0.29) is 0 Å². The summed E-state index contributed by atoms with van der Waals surface area (Å²) in [4.78, 5) is 13.7. The number of nitrogens with zero attached hydrogens (tertiary/aromatic N) is 4. The number of fused-ring (bicyclic) bond motifs is 1. The predicted molar refractivity (Wildman–Crippen MR) is 118 cm³/mol. The number of imidazole rings is 1. The Morgan fingerprint density at radius 3 is 2.62 bits per heavy atom. The third-order valence-corrected chi connectivity index (χ3v) is 4.96. The molecular weight excluding hydrogens is 360 g/mol. The maximum Gasteiger partial charge on any atom is 0.156 e. The van der Waals surface area contributed by atoms with Gasteiger partial charge in [-0.25, -0.2) is 9.97 Å². The second kappa shape index (κ2) is 8.73. The minimum atomic E-state index is 0.488. The molecule has 0 amide bonds. The van der Waals surface area contributed by atoms with Gasteiger partial charge in [-0.3, -0.25) is 4.98 Å². The summed E-state index contributed by atoms with van der Waals surface area (Å²) >= 11 is 0. The van der Waals surface area contributed by atoms with Crippen LogP contribution in [0.2, 0.25) is 0 Å². The van der Waals surface area contributed by atoms with E-state index in [1.165, 1.54) is 5.56 Å². The summed E-state index contributed by atoms with van der Waals surface area (Å²) in [5.41, 5.74) is 10.4. The van der Waals surface area contributed by atoms with E-state index < -0.39 is 0 Å². The maximum absolute atomic E-state index is 6.16. The average molecular weight is 387 g/mol. The molecule has 6 nitrogen and oxygen atoms in total. The molecule has 29 heavy (non-hydrogen) atoms. The third-order valence-electron chi connectivity index (χ3n) is 4.96. The van der Waals surface area contributed by atoms with Crippen molar-refractivity contribution in [1.82, 2.24) is 19.5 Å². The van der Waals surface area contributed by atoms with Crippen LogP contribution in [0.15, 0.2) is 60.9 Å². The normalized spacial score (nSPS) is 11.1. The van der Waals surface area contributed by atoms with Crippen LogP contribution in [-0.2, 0) is 19.5 Å². The summed E-state index contributed by atoms with van der Waals surface area (Å²) in [7, 11) is 0. The number of rotatable bonds is 8. The van der Waals surface area contributed by atoms with Crippen LogP contribution >= 0.6 is 0 Å². The largest absolute Gasteiger partial charge is 0.384 e. The predicted octanol–water partition coefficient (Wildman–Crippen LogP) is 4.41. The Bertz CT molecular complexity index is 1070. The van der Waals surface area contributed by atoms with E-state index in [1.807, 2.05) is 30.5 Å². The minimum Gasteiger partial charge on any atom is -0.384 e. The van der Waals surface area contributed by atoms with Gasteiger partial charge in [-0.05, 0) is 23.6 Å². The Labute approximate surface area is 170 Å². The van der Waals surface area contributed by atoms with E-state index in [4.69, 9.17) is 10.7 Å². The number of pyridine rings is 2. The van der Waals surface area contributed by atoms with Gasteiger partial charge in [-0.1, -0.05) is 49.7 Å². The molecule has 3 heterocycles. The van der Waals surface area contributed by atoms with Gasteiger partial charge in [0.1, 0.15) is 17.2 Å². The number of nitrogens with two attached hydrogens (primary N) is 1. The topological polar surface area (TPSA) is 81.7 Å². The summed E-state index contributed by atoms with van der Waals surface area (Å²) in [6.07, 6.45) is 6.77. The highest BCUT2D eigenvalue weighted by Crippen LogP contribution is 2.27.